The van der Waals surface area contributed by atoms with Crippen molar-refractivity contribution in [3.63, 3.8) is 0 Å². The first-order valence-electron chi connectivity index (χ1n) is 8.94. The maximum absolute atomic E-state index is 12.5. The van der Waals surface area contributed by atoms with Gasteiger partial charge in [0.1, 0.15) is 5.75 Å². The van der Waals surface area contributed by atoms with Crippen molar-refractivity contribution in [2.75, 3.05) is 23.0 Å². The Morgan fingerprint density at radius 1 is 0.966 bits per heavy atom. The van der Waals surface area contributed by atoms with Crippen LogP contribution in [0.1, 0.15) is 15.9 Å². The highest BCUT2D eigenvalue weighted by Crippen LogP contribution is 2.21. The van der Waals surface area contributed by atoms with E-state index in [1.54, 1.807) is 79.9 Å². The maximum atomic E-state index is 12.5. The van der Waals surface area contributed by atoms with Gasteiger partial charge in [-0.05, 0) is 42.0 Å². The van der Waals surface area contributed by atoms with Gasteiger partial charge in [0.15, 0.2) is 0 Å². The van der Waals surface area contributed by atoms with Crippen molar-refractivity contribution in [3.8, 4) is 5.75 Å². The molecule has 0 heterocycles. The number of anilines is 2. The molecule has 0 aliphatic rings. The fourth-order valence-electron chi connectivity index (χ4n) is 2.83. The van der Waals surface area contributed by atoms with E-state index < -0.39 is 10.0 Å². The fraction of sp³-hybridized carbons (Fsp3) is 0.136. The lowest BCUT2D eigenvalue weighted by Gasteiger charge is -2.22. The zero-order valence-electron chi connectivity index (χ0n) is 16.2. The SMILES string of the molecule is COc1cccc(NC(=O)c2ccc(CN(c3ccccc3)S(C)(=O)=O)cc2)c1. The van der Waals surface area contributed by atoms with E-state index >= 15 is 0 Å². The van der Waals surface area contributed by atoms with Gasteiger partial charge < -0.3 is 10.1 Å². The molecule has 29 heavy (non-hydrogen) atoms. The minimum absolute atomic E-state index is 0.181. The van der Waals surface area contributed by atoms with Crippen LogP contribution in [-0.4, -0.2) is 27.7 Å². The van der Waals surface area contributed by atoms with Crippen molar-refractivity contribution < 1.29 is 17.9 Å². The molecule has 0 unspecified atom stereocenters. The number of carbonyl (C=O) groups excluding carboxylic acids is 1. The molecule has 0 radical (unpaired) electrons. The van der Waals surface area contributed by atoms with Crippen LogP contribution in [0.4, 0.5) is 11.4 Å². The Morgan fingerprint density at radius 2 is 1.66 bits per heavy atom. The summed E-state index contributed by atoms with van der Waals surface area (Å²) < 4.78 is 30.9. The third-order valence-electron chi connectivity index (χ3n) is 4.31. The van der Waals surface area contributed by atoms with Crippen molar-refractivity contribution in [2.45, 2.75) is 6.54 Å². The molecule has 0 spiro atoms. The van der Waals surface area contributed by atoms with Gasteiger partial charge in [-0.3, -0.25) is 9.10 Å². The van der Waals surface area contributed by atoms with Gasteiger partial charge in [-0.1, -0.05) is 36.4 Å². The standard InChI is InChI=1S/C22H22N2O4S/c1-28-21-10-6-7-19(15-21)23-22(25)18-13-11-17(12-14-18)16-24(29(2,26)27)20-8-4-3-5-9-20/h3-15H,16H2,1-2H3,(H,23,25). The lowest BCUT2D eigenvalue weighted by Crippen LogP contribution is -2.29. The number of hydrogen-bond acceptors (Lipinski definition) is 4. The Balaban J connectivity index is 1.74. The van der Waals surface area contributed by atoms with E-state index in [1.807, 2.05) is 6.07 Å². The number of para-hydroxylation sites is 1. The fourth-order valence-corrected chi connectivity index (χ4v) is 3.71. The lowest BCUT2D eigenvalue weighted by molar-refractivity contribution is 0.102. The molecule has 6 nitrogen and oxygen atoms in total. The molecule has 3 rings (SSSR count). The number of rotatable bonds is 7. The van der Waals surface area contributed by atoms with Crippen molar-refractivity contribution in [3.05, 3.63) is 90.0 Å². The highest BCUT2D eigenvalue weighted by Gasteiger charge is 2.17. The van der Waals surface area contributed by atoms with E-state index in [4.69, 9.17) is 4.74 Å². The predicted molar refractivity (Wildman–Crippen MR) is 115 cm³/mol. The quantitative estimate of drug-likeness (QED) is 0.641. The van der Waals surface area contributed by atoms with E-state index in [-0.39, 0.29) is 12.5 Å². The molecule has 150 valence electrons. The second-order valence-corrected chi connectivity index (χ2v) is 8.40. The van der Waals surface area contributed by atoms with E-state index in [9.17, 15) is 13.2 Å². The topological polar surface area (TPSA) is 75.7 Å². The summed E-state index contributed by atoms with van der Waals surface area (Å²) >= 11 is 0. The Morgan fingerprint density at radius 3 is 2.28 bits per heavy atom. The van der Waals surface area contributed by atoms with E-state index in [1.165, 1.54) is 10.6 Å². The molecule has 3 aromatic rings. The monoisotopic (exact) mass is 410 g/mol. The number of amides is 1. The minimum atomic E-state index is -3.45. The average Bonchev–Trinajstić information content (AvgIpc) is 2.72. The molecule has 0 aromatic heterocycles. The molecule has 0 saturated carbocycles. The molecule has 0 aliphatic carbocycles. The van der Waals surface area contributed by atoms with Gasteiger partial charge in [-0.15, -0.1) is 0 Å². The van der Waals surface area contributed by atoms with Gasteiger partial charge in [0.05, 0.1) is 25.6 Å². The summed E-state index contributed by atoms with van der Waals surface area (Å²) in [7, 11) is -1.88. The normalized spacial score (nSPS) is 11.0. The Bertz CT molecular complexity index is 1080. The van der Waals surface area contributed by atoms with Crippen LogP contribution < -0.4 is 14.4 Å². The number of benzene rings is 3. The summed E-state index contributed by atoms with van der Waals surface area (Å²) in [6.07, 6.45) is 1.18. The molecular weight excluding hydrogens is 388 g/mol. The number of ether oxygens (including phenoxy) is 1. The Hall–Kier alpha value is -3.32. The van der Waals surface area contributed by atoms with Crippen molar-refractivity contribution >= 4 is 27.3 Å². The van der Waals surface area contributed by atoms with Crippen LogP contribution in [0, 0.1) is 0 Å². The van der Waals surface area contributed by atoms with Crippen LogP contribution in [0.25, 0.3) is 0 Å². The van der Waals surface area contributed by atoms with Gasteiger partial charge in [0, 0.05) is 17.3 Å². The van der Waals surface area contributed by atoms with Crippen LogP contribution in [-0.2, 0) is 16.6 Å². The second kappa shape index (κ2) is 8.79. The van der Waals surface area contributed by atoms with E-state index in [0.29, 0.717) is 22.7 Å². The first kappa shape index (κ1) is 20.4. The van der Waals surface area contributed by atoms with Crippen LogP contribution >= 0.6 is 0 Å². The van der Waals surface area contributed by atoms with E-state index in [2.05, 4.69) is 5.32 Å². The van der Waals surface area contributed by atoms with Crippen LogP contribution in [0.15, 0.2) is 78.9 Å². The average molecular weight is 410 g/mol. The molecule has 0 aliphatic heterocycles. The lowest BCUT2D eigenvalue weighted by atomic mass is 10.1. The summed E-state index contributed by atoms with van der Waals surface area (Å²) in [5.74, 6) is 0.396. The highest BCUT2D eigenvalue weighted by atomic mass is 32.2. The van der Waals surface area contributed by atoms with Crippen molar-refractivity contribution in [1.82, 2.24) is 0 Å². The zero-order chi connectivity index (χ0) is 20.9. The van der Waals surface area contributed by atoms with Crippen LogP contribution in [0.2, 0.25) is 0 Å². The molecule has 0 saturated heterocycles. The molecule has 0 bridgehead atoms. The number of nitrogens with zero attached hydrogens (tertiary/aromatic N) is 1. The molecular formula is C22H22N2O4S. The maximum Gasteiger partial charge on any atom is 0.255 e. The van der Waals surface area contributed by atoms with Gasteiger partial charge in [-0.2, -0.15) is 0 Å². The molecule has 1 amide bonds. The largest absolute Gasteiger partial charge is 0.497 e. The number of nitrogens with one attached hydrogen (secondary N) is 1. The molecule has 0 fully saturated rings. The number of methoxy groups -OCH3 is 1. The number of hydrogen-bond donors (Lipinski definition) is 1. The molecule has 1 N–H and O–H groups in total. The Labute approximate surface area is 170 Å². The minimum Gasteiger partial charge on any atom is -0.497 e. The van der Waals surface area contributed by atoms with Crippen molar-refractivity contribution in [2.24, 2.45) is 0 Å². The van der Waals surface area contributed by atoms with Gasteiger partial charge in [-0.25, -0.2) is 8.42 Å². The van der Waals surface area contributed by atoms with Gasteiger partial charge in [0.25, 0.3) is 5.91 Å². The molecule has 3 aromatic carbocycles. The Kier molecular flexibility index (Phi) is 6.19. The first-order chi connectivity index (χ1) is 13.9. The first-order valence-corrected chi connectivity index (χ1v) is 10.8. The van der Waals surface area contributed by atoms with E-state index in [0.717, 1.165) is 5.56 Å². The smallest absolute Gasteiger partial charge is 0.255 e. The highest BCUT2D eigenvalue weighted by molar-refractivity contribution is 7.92. The molecule has 7 heteroatoms. The van der Waals surface area contributed by atoms with Gasteiger partial charge in [0.2, 0.25) is 10.0 Å². The summed E-state index contributed by atoms with van der Waals surface area (Å²) in [5, 5.41) is 2.82. The third kappa shape index (κ3) is 5.36. The predicted octanol–water partition coefficient (Wildman–Crippen LogP) is 3.91. The third-order valence-corrected chi connectivity index (χ3v) is 5.46. The number of carbonyl (C=O) groups is 1. The van der Waals surface area contributed by atoms with Crippen LogP contribution in [0.5, 0.6) is 5.75 Å². The van der Waals surface area contributed by atoms with Crippen molar-refractivity contribution in [1.29, 1.82) is 0 Å². The summed E-state index contributed by atoms with van der Waals surface area (Å²) in [5.41, 5.74) is 2.47. The van der Waals surface area contributed by atoms with Gasteiger partial charge >= 0.3 is 0 Å². The zero-order valence-corrected chi connectivity index (χ0v) is 17.0. The number of sulfonamides is 1. The summed E-state index contributed by atoms with van der Waals surface area (Å²) in [4.78, 5) is 12.5. The second-order valence-electron chi connectivity index (χ2n) is 6.49. The summed E-state index contributed by atoms with van der Waals surface area (Å²) in [6.45, 7) is 0.181. The molecule has 0 atom stereocenters. The van der Waals surface area contributed by atoms with Crippen LogP contribution in [0.3, 0.4) is 0 Å². The summed E-state index contributed by atoms with van der Waals surface area (Å²) in [6, 6.07) is 22.9.